The minimum absolute atomic E-state index is 0.0400. The summed E-state index contributed by atoms with van der Waals surface area (Å²) < 4.78 is 22.6. The van der Waals surface area contributed by atoms with Crippen LogP contribution in [0.4, 0.5) is 9.59 Å². The predicted molar refractivity (Wildman–Crippen MR) is 263 cm³/mol. The molecule has 19 heteroatoms. The zero-order valence-electron chi connectivity index (χ0n) is 43.5. The molecule has 2 bridgehead atoms. The van der Waals surface area contributed by atoms with Crippen molar-refractivity contribution >= 4 is 47.5 Å². The van der Waals surface area contributed by atoms with Gasteiger partial charge in [-0.1, -0.05) is 51.9 Å². The van der Waals surface area contributed by atoms with Gasteiger partial charge in [0.15, 0.2) is 6.04 Å². The Balaban J connectivity index is 1.52. The number of rotatable bonds is 23. The van der Waals surface area contributed by atoms with Crippen LogP contribution in [0.3, 0.4) is 0 Å². The molecule has 4 aliphatic rings. The van der Waals surface area contributed by atoms with E-state index in [2.05, 4.69) is 32.7 Å². The van der Waals surface area contributed by atoms with E-state index >= 15 is 0 Å². The number of carbonyl (C=O) groups excluding carboxylic acids is 6. The molecular weight excluding hydrogens is 903 g/mol. The molecule has 4 fully saturated rings. The third-order valence-corrected chi connectivity index (χ3v) is 13.6. The quantitative estimate of drug-likeness (QED) is 0.0347. The molecule has 0 saturated heterocycles. The standard InChI is InChI=1S/C51H85N7O12/c1-11-16-40(58(10)46(62)31(3)41(68-28-30(2)52)24-34-22-32-19-20-33(21-32)23-34)44(60)57-42(35-17-14-12-13-15-18-35)45(61)55-38(27-53-48(65)69-50(4,5)6)43(59)56-39(47(63)64)29-67-37-25-36(26-37)54-49(66)70-51(7,8)9/h24,31-40,42,52H,11-23,25-29H2,1-10H3,(H,53,65)(H,54,66)(H,55,61)(H,56,59)(H,57,60)(H,63,64)/b41-24+,52-30?/t31-,32-,33+,34?,36?,37?,38+,39+,40+,42+/m1/s1. The van der Waals surface area contributed by atoms with E-state index < -0.39 is 96.4 Å². The van der Waals surface area contributed by atoms with Crippen LogP contribution >= 0.6 is 0 Å². The number of carboxylic acid groups (broad SMARTS) is 1. The molecule has 0 radical (unpaired) electrons. The predicted octanol–water partition coefficient (Wildman–Crippen LogP) is 6.12. The Bertz CT molecular complexity index is 1840. The number of likely N-dealkylation sites (N-methyl/N-ethyl adjacent to an activating group) is 1. The van der Waals surface area contributed by atoms with Crippen LogP contribution in [-0.2, 0) is 42.9 Å². The van der Waals surface area contributed by atoms with Gasteiger partial charge < -0.3 is 60.9 Å². The van der Waals surface area contributed by atoms with Crippen molar-refractivity contribution in [3.05, 3.63) is 11.8 Å². The fourth-order valence-corrected chi connectivity index (χ4v) is 10.0. The zero-order chi connectivity index (χ0) is 51.9. The van der Waals surface area contributed by atoms with Crippen LogP contribution in [-0.4, -0.2) is 132 Å². The van der Waals surface area contributed by atoms with E-state index in [-0.39, 0.29) is 36.8 Å². The molecule has 70 heavy (non-hydrogen) atoms. The average Bonchev–Trinajstić information content (AvgIpc) is 3.40. The first-order chi connectivity index (χ1) is 32.8. The third-order valence-electron chi connectivity index (χ3n) is 13.6. The fourth-order valence-electron chi connectivity index (χ4n) is 10.0. The monoisotopic (exact) mass is 988 g/mol. The first-order valence-corrected chi connectivity index (χ1v) is 25.7. The third kappa shape index (κ3) is 19.0. The van der Waals surface area contributed by atoms with E-state index in [1.54, 1.807) is 62.4 Å². The lowest BCUT2D eigenvalue weighted by atomic mass is 9.80. The molecule has 0 aromatic rings. The van der Waals surface area contributed by atoms with Crippen LogP contribution < -0.4 is 26.6 Å². The van der Waals surface area contributed by atoms with Crippen LogP contribution in [0.25, 0.3) is 0 Å². The Hall–Kier alpha value is -4.94. The van der Waals surface area contributed by atoms with Crippen molar-refractivity contribution in [3.63, 3.8) is 0 Å². The summed E-state index contributed by atoms with van der Waals surface area (Å²) >= 11 is 0. The number of carbonyl (C=O) groups is 7. The Morgan fingerprint density at radius 2 is 1.36 bits per heavy atom. The lowest BCUT2D eigenvalue weighted by Crippen LogP contribution is -2.62. The van der Waals surface area contributed by atoms with Gasteiger partial charge in [0, 0.05) is 18.8 Å². The highest BCUT2D eigenvalue weighted by Gasteiger charge is 2.40. The summed E-state index contributed by atoms with van der Waals surface area (Å²) in [4.78, 5) is 96.6. The van der Waals surface area contributed by atoms with Crippen LogP contribution in [0.5, 0.6) is 0 Å². The van der Waals surface area contributed by atoms with Gasteiger partial charge in [-0.15, -0.1) is 0 Å². The summed E-state index contributed by atoms with van der Waals surface area (Å²) in [5.74, 6) is -2.96. The number of hydrogen-bond donors (Lipinski definition) is 7. The van der Waals surface area contributed by atoms with Gasteiger partial charge in [0.1, 0.15) is 41.7 Å². The smallest absolute Gasteiger partial charge is 0.407 e. The second-order valence-corrected chi connectivity index (χ2v) is 22.2. The number of nitrogens with zero attached hydrogens (tertiary/aromatic N) is 1. The summed E-state index contributed by atoms with van der Waals surface area (Å²) in [6.45, 7) is 14.7. The maximum Gasteiger partial charge on any atom is 0.407 e. The molecule has 0 spiro atoms. The molecule has 6 amide bonds. The van der Waals surface area contributed by atoms with Crippen molar-refractivity contribution in [2.75, 3.05) is 26.8 Å². The number of amides is 6. The highest BCUT2D eigenvalue weighted by atomic mass is 16.6. The van der Waals surface area contributed by atoms with Gasteiger partial charge in [0.05, 0.1) is 25.2 Å². The number of nitrogens with one attached hydrogen (secondary N) is 6. The molecule has 19 nitrogen and oxygen atoms in total. The van der Waals surface area contributed by atoms with Gasteiger partial charge in [0.2, 0.25) is 23.6 Å². The summed E-state index contributed by atoms with van der Waals surface area (Å²) in [6, 6.07) is -5.44. The first-order valence-electron chi connectivity index (χ1n) is 25.7. The molecule has 4 rings (SSSR count). The van der Waals surface area contributed by atoms with E-state index in [9.17, 15) is 38.7 Å². The van der Waals surface area contributed by atoms with Crippen molar-refractivity contribution in [2.45, 2.75) is 206 Å². The van der Waals surface area contributed by atoms with Gasteiger partial charge >= 0.3 is 18.2 Å². The van der Waals surface area contributed by atoms with Gasteiger partial charge in [0.25, 0.3) is 0 Å². The van der Waals surface area contributed by atoms with E-state index in [1.165, 1.54) is 24.2 Å². The van der Waals surface area contributed by atoms with Crippen molar-refractivity contribution < 1.29 is 57.6 Å². The summed E-state index contributed by atoms with van der Waals surface area (Å²) in [7, 11) is 1.58. The maximum atomic E-state index is 14.6. The molecule has 4 aliphatic carbocycles. The number of carboxylic acids is 1. The summed E-state index contributed by atoms with van der Waals surface area (Å²) in [5, 5.41) is 31.6. The first kappa shape index (κ1) is 57.6. The van der Waals surface area contributed by atoms with E-state index in [4.69, 9.17) is 24.4 Å². The van der Waals surface area contributed by atoms with Crippen molar-refractivity contribution in [1.29, 1.82) is 5.41 Å². The summed E-state index contributed by atoms with van der Waals surface area (Å²) in [6.07, 6.45) is 12.2. The number of fused-ring (bicyclic) bond motifs is 2. The Labute approximate surface area is 415 Å². The Morgan fingerprint density at radius 1 is 0.771 bits per heavy atom. The van der Waals surface area contributed by atoms with Crippen molar-refractivity contribution in [2.24, 2.45) is 29.6 Å². The molecular formula is C51H85N7O12. The minimum Gasteiger partial charge on any atom is -0.492 e. The fraction of sp³-hybridized carbons (Fsp3) is 0.804. The SMILES string of the molecule is CCC[C@@H](C(=O)N[C@H](C(=O)N[C@@H](CNC(=O)OC(C)(C)C)C(=O)N[C@@H](COC1CC(NC(=O)OC(C)(C)C)C1)C(=O)O)C1CCCCCC1)N(C)C(=O)[C@H](C)/C(=C\C1C[C@H]2CC[C@@H](C1)C2)OCC(C)=N. The van der Waals surface area contributed by atoms with Gasteiger partial charge in [-0.3, -0.25) is 19.2 Å². The molecule has 8 atom stereocenters. The minimum atomic E-state index is -1.55. The van der Waals surface area contributed by atoms with Crippen LogP contribution in [0.2, 0.25) is 0 Å². The van der Waals surface area contributed by atoms with Crippen LogP contribution in [0.15, 0.2) is 11.8 Å². The van der Waals surface area contributed by atoms with Crippen molar-refractivity contribution in [1.82, 2.24) is 31.5 Å². The molecule has 4 saturated carbocycles. The highest BCUT2D eigenvalue weighted by Crippen LogP contribution is 2.45. The Kier molecular flexibility index (Phi) is 21.8. The van der Waals surface area contributed by atoms with E-state index in [0.717, 1.165) is 38.5 Å². The van der Waals surface area contributed by atoms with Gasteiger partial charge in [-0.2, -0.15) is 0 Å². The Morgan fingerprint density at radius 3 is 1.91 bits per heavy atom. The largest absolute Gasteiger partial charge is 0.492 e. The number of allylic oxidation sites excluding steroid dienone is 1. The summed E-state index contributed by atoms with van der Waals surface area (Å²) in [5.41, 5.74) is -1.25. The van der Waals surface area contributed by atoms with Crippen molar-refractivity contribution in [3.8, 4) is 0 Å². The molecule has 0 heterocycles. The van der Waals surface area contributed by atoms with E-state index in [1.807, 2.05) is 6.92 Å². The second kappa shape index (κ2) is 26.5. The maximum absolute atomic E-state index is 14.6. The number of alkyl carbamates (subject to hydrolysis) is 2. The zero-order valence-corrected chi connectivity index (χ0v) is 43.5. The lowest BCUT2D eigenvalue weighted by molar-refractivity contribution is -0.145. The molecule has 0 aliphatic heterocycles. The number of aliphatic carboxylic acids is 1. The van der Waals surface area contributed by atoms with Crippen LogP contribution in [0.1, 0.15) is 159 Å². The number of ether oxygens (including phenoxy) is 4. The molecule has 1 unspecified atom stereocenters. The lowest BCUT2D eigenvalue weighted by Gasteiger charge is -2.36. The normalized spacial score (nSPS) is 23.9. The number of hydrogen-bond acceptors (Lipinski definition) is 12. The van der Waals surface area contributed by atoms with E-state index in [0.29, 0.717) is 55.4 Å². The highest BCUT2D eigenvalue weighted by molar-refractivity contribution is 5.96. The average molecular weight is 988 g/mol. The molecule has 396 valence electrons. The van der Waals surface area contributed by atoms with Gasteiger partial charge in [-0.05, 0) is 137 Å². The second-order valence-electron chi connectivity index (χ2n) is 22.2. The van der Waals surface area contributed by atoms with Crippen LogP contribution in [0, 0.1) is 35.0 Å². The van der Waals surface area contributed by atoms with Gasteiger partial charge in [-0.25, -0.2) is 14.4 Å². The topological polar surface area (TPSA) is 264 Å². The molecule has 0 aromatic heterocycles. The molecule has 7 N–H and O–H groups in total. The molecule has 0 aromatic carbocycles.